The topological polar surface area (TPSA) is 26.3 Å². The van der Waals surface area contributed by atoms with Gasteiger partial charge in [-0.25, -0.2) is 8.78 Å². The molecule has 0 spiro atoms. The molecule has 72 valence electrons. The van der Waals surface area contributed by atoms with Crippen molar-refractivity contribution < 1.29 is 18.3 Å². The molecule has 1 atom stereocenters. The molecule has 4 heteroatoms. The first kappa shape index (κ1) is 8.87. The molecule has 1 aliphatic heterocycles. The van der Waals surface area contributed by atoms with E-state index in [9.17, 15) is 13.6 Å². The molecule has 2 nitrogen and oxygen atoms in total. The van der Waals surface area contributed by atoms with Gasteiger partial charge in [0.15, 0.2) is 0 Å². The van der Waals surface area contributed by atoms with E-state index < -0.39 is 17.6 Å². The first-order valence-corrected chi connectivity index (χ1v) is 4.00. The van der Waals surface area contributed by atoms with Gasteiger partial charge < -0.3 is 9.53 Å². The highest BCUT2D eigenvalue weighted by atomic mass is 19.1. The highest BCUT2D eigenvalue weighted by Crippen LogP contribution is 2.33. The summed E-state index contributed by atoms with van der Waals surface area (Å²) in [6.45, 7) is 0. The fourth-order valence-electron chi connectivity index (χ4n) is 1.39. The van der Waals surface area contributed by atoms with Crippen molar-refractivity contribution in [2.45, 2.75) is 5.92 Å². The SMILES string of the molecule is O=CC1C=COc2cc(F)cc(F)c21. The average Bonchev–Trinajstić information content (AvgIpc) is 2.16. The van der Waals surface area contributed by atoms with Gasteiger partial charge in [-0.2, -0.15) is 0 Å². The van der Waals surface area contributed by atoms with E-state index in [1.807, 2.05) is 0 Å². The van der Waals surface area contributed by atoms with Crippen LogP contribution in [0.1, 0.15) is 11.5 Å². The van der Waals surface area contributed by atoms with Gasteiger partial charge in [-0.05, 0) is 6.08 Å². The number of rotatable bonds is 1. The first-order chi connectivity index (χ1) is 6.72. The number of ether oxygens (including phenoxy) is 1. The lowest BCUT2D eigenvalue weighted by Crippen LogP contribution is -2.08. The number of carbonyl (C=O) groups is 1. The number of hydrogen-bond acceptors (Lipinski definition) is 2. The van der Waals surface area contributed by atoms with Crippen LogP contribution in [0, 0.1) is 11.6 Å². The molecule has 0 radical (unpaired) electrons. The molecular formula is C10H6F2O2. The highest BCUT2D eigenvalue weighted by Gasteiger charge is 2.22. The third-order valence-corrected chi connectivity index (χ3v) is 2.02. The summed E-state index contributed by atoms with van der Waals surface area (Å²) in [6.07, 6.45) is 3.25. The van der Waals surface area contributed by atoms with Gasteiger partial charge >= 0.3 is 0 Å². The van der Waals surface area contributed by atoms with Crippen molar-refractivity contribution in [1.29, 1.82) is 0 Å². The number of allylic oxidation sites excluding steroid dienone is 1. The van der Waals surface area contributed by atoms with Gasteiger partial charge in [-0.3, -0.25) is 0 Å². The lowest BCUT2D eigenvalue weighted by molar-refractivity contribution is -0.108. The zero-order chi connectivity index (χ0) is 10.1. The van der Waals surface area contributed by atoms with Crippen molar-refractivity contribution in [2.24, 2.45) is 0 Å². The van der Waals surface area contributed by atoms with E-state index in [0.29, 0.717) is 6.29 Å². The van der Waals surface area contributed by atoms with Crippen molar-refractivity contribution in [3.63, 3.8) is 0 Å². The Kier molecular flexibility index (Phi) is 2.04. The summed E-state index contributed by atoms with van der Waals surface area (Å²) < 4.78 is 30.9. The average molecular weight is 196 g/mol. The lowest BCUT2D eigenvalue weighted by Gasteiger charge is -2.16. The van der Waals surface area contributed by atoms with Crippen molar-refractivity contribution in [3.05, 3.63) is 41.7 Å². The van der Waals surface area contributed by atoms with Gasteiger partial charge in [-0.15, -0.1) is 0 Å². The van der Waals surface area contributed by atoms with Crippen LogP contribution < -0.4 is 4.74 Å². The number of carbonyl (C=O) groups excluding carboxylic acids is 1. The van der Waals surface area contributed by atoms with Crippen molar-refractivity contribution >= 4 is 6.29 Å². The van der Waals surface area contributed by atoms with E-state index in [1.54, 1.807) is 0 Å². The summed E-state index contributed by atoms with van der Waals surface area (Å²) in [5, 5.41) is 0. The minimum Gasteiger partial charge on any atom is -0.465 e. The molecule has 2 rings (SSSR count). The fourth-order valence-corrected chi connectivity index (χ4v) is 1.39. The van der Waals surface area contributed by atoms with E-state index >= 15 is 0 Å². The van der Waals surface area contributed by atoms with Gasteiger partial charge in [0.05, 0.1) is 12.2 Å². The number of fused-ring (bicyclic) bond motifs is 1. The van der Waals surface area contributed by atoms with Crippen LogP contribution in [-0.4, -0.2) is 6.29 Å². The predicted octanol–water partition coefficient (Wildman–Crippen LogP) is 2.15. The van der Waals surface area contributed by atoms with Gasteiger partial charge in [0.2, 0.25) is 0 Å². The van der Waals surface area contributed by atoms with Crippen LogP contribution in [0.3, 0.4) is 0 Å². The summed E-state index contributed by atoms with van der Waals surface area (Å²) in [5.74, 6) is -2.12. The van der Waals surface area contributed by atoms with Crippen molar-refractivity contribution in [3.8, 4) is 5.75 Å². The third kappa shape index (κ3) is 1.28. The van der Waals surface area contributed by atoms with E-state index in [0.717, 1.165) is 12.1 Å². The molecule has 0 aliphatic carbocycles. The highest BCUT2D eigenvalue weighted by molar-refractivity contribution is 5.68. The normalized spacial score (nSPS) is 18.6. The molecule has 0 aromatic heterocycles. The summed E-state index contributed by atoms with van der Waals surface area (Å²) in [4.78, 5) is 10.6. The van der Waals surface area contributed by atoms with Crippen molar-refractivity contribution in [2.75, 3.05) is 0 Å². The Bertz CT molecular complexity index is 413. The lowest BCUT2D eigenvalue weighted by atomic mass is 9.97. The Balaban J connectivity index is 2.61. The number of halogens is 2. The summed E-state index contributed by atoms with van der Waals surface area (Å²) in [6, 6.07) is 1.79. The molecule has 1 heterocycles. The molecule has 0 N–H and O–H groups in total. The standard InChI is InChI=1S/C10H6F2O2/c11-7-3-8(12)10-6(5-13)1-2-14-9(10)4-7/h1-6H. The molecule has 1 unspecified atom stereocenters. The summed E-state index contributed by atoms with van der Waals surface area (Å²) >= 11 is 0. The van der Waals surface area contributed by atoms with Gasteiger partial charge in [0.1, 0.15) is 23.7 Å². The molecule has 0 saturated heterocycles. The zero-order valence-electron chi connectivity index (χ0n) is 7.04. The molecule has 1 aliphatic rings. The second-order valence-corrected chi connectivity index (χ2v) is 2.91. The first-order valence-electron chi connectivity index (χ1n) is 4.00. The van der Waals surface area contributed by atoms with Gasteiger partial charge in [0.25, 0.3) is 0 Å². The van der Waals surface area contributed by atoms with Gasteiger partial charge in [0, 0.05) is 17.7 Å². The molecule has 1 aromatic rings. The maximum atomic E-state index is 13.3. The Morgan fingerprint density at radius 3 is 2.86 bits per heavy atom. The molecule has 0 fully saturated rings. The second-order valence-electron chi connectivity index (χ2n) is 2.91. The molecule has 0 saturated carbocycles. The minimum atomic E-state index is -0.763. The predicted molar refractivity (Wildman–Crippen MR) is 44.9 cm³/mol. The van der Waals surface area contributed by atoms with E-state index in [4.69, 9.17) is 4.74 Å². The third-order valence-electron chi connectivity index (χ3n) is 2.02. The van der Waals surface area contributed by atoms with Crippen LogP contribution >= 0.6 is 0 Å². The van der Waals surface area contributed by atoms with E-state index in [-0.39, 0.29) is 11.3 Å². The summed E-state index contributed by atoms with van der Waals surface area (Å²) in [5.41, 5.74) is 0.0869. The zero-order valence-corrected chi connectivity index (χ0v) is 7.04. The Morgan fingerprint density at radius 1 is 1.36 bits per heavy atom. The fraction of sp³-hybridized carbons (Fsp3) is 0.100. The van der Waals surface area contributed by atoms with Crippen LogP contribution in [0.25, 0.3) is 0 Å². The Hall–Kier alpha value is -1.71. The number of aldehydes is 1. The van der Waals surface area contributed by atoms with E-state index in [1.165, 1.54) is 12.3 Å². The minimum absolute atomic E-state index is 0.0575. The van der Waals surface area contributed by atoms with Crippen LogP contribution in [0.4, 0.5) is 8.78 Å². The smallest absolute Gasteiger partial charge is 0.136 e. The van der Waals surface area contributed by atoms with Crippen LogP contribution in [-0.2, 0) is 4.79 Å². The van der Waals surface area contributed by atoms with Crippen LogP contribution in [0.15, 0.2) is 24.5 Å². The van der Waals surface area contributed by atoms with Crippen molar-refractivity contribution in [1.82, 2.24) is 0 Å². The van der Waals surface area contributed by atoms with Gasteiger partial charge in [-0.1, -0.05) is 0 Å². The molecule has 14 heavy (non-hydrogen) atoms. The molecule has 0 amide bonds. The molecule has 0 bridgehead atoms. The summed E-state index contributed by atoms with van der Waals surface area (Å²) in [7, 11) is 0. The van der Waals surface area contributed by atoms with Crippen LogP contribution in [0.2, 0.25) is 0 Å². The van der Waals surface area contributed by atoms with E-state index in [2.05, 4.69) is 0 Å². The number of hydrogen-bond donors (Lipinski definition) is 0. The largest absolute Gasteiger partial charge is 0.465 e. The molecule has 1 aromatic carbocycles. The number of benzene rings is 1. The Morgan fingerprint density at radius 2 is 2.14 bits per heavy atom. The monoisotopic (exact) mass is 196 g/mol. The maximum absolute atomic E-state index is 13.3. The second kappa shape index (κ2) is 3.21. The maximum Gasteiger partial charge on any atom is 0.136 e. The van der Waals surface area contributed by atoms with Crippen LogP contribution in [0.5, 0.6) is 5.75 Å². The molecular weight excluding hydrogens is 190 g/mol. The quantitative estimate of drug-likeness (QED) is 0.643. The Labute approximate surface area is 78.8 Å².